The molecule has 0 aliphatic carbocycles. The molecule has 19 heavy (non-hydrogen) atoms. The summed E-state index contributed by atoms with van der Waals surface area (Å²) >= 11 is 3.42. The Morgan fingerprint density at radius 3 is 2.47 bits per heavy atom. The van der Waals surface area contributed by atoms with Crippen molar-refractivity contribution in [2.24, 2.45) is 0 Å². The predicted octanol–water partition coefficient (Wildman–Crippen LogP) is 5.39. The van der Waals surface area contributed by atoms with Crippen LogP contribution in [0.4, 0.5) is 0 Å². The number of ether oxygens (including phenoxy) is 1. The third-order valence-corrected chi connectivity index (χ3v) is 3.74. The molecule has 1 aromatic rings. The zero-order chi connectivity index (χ0) is 13.9. The maximum absolute atomic E-state index is 10.9. The maximum Gasteiger partial charge on any atom is 0.153 e. The van der Waals surface area contributed by atoms with Gasteiger partial charge in [0.1, 0.15) is 5.75 Å². The number of halogens is 1. The van der Waals surface area contributed by atoms with Crippen molar-refractivity contribution < 1.29 is 9.53 Å². The average Bonchev–Trinajstić information content (AvgIpc) is 2.43. The van der Waals surface area contributed by atoms with Crippen molar-refractivity contribution in [3.8, 4) is 5.75 Å². The molecule has 0 radical (unpaired) electrons. The van der Waals surface area contributed by atoms with E-state index in [1.165, 1.54) is 38.5 Å². The fourth-order valence-corrected chi connectivity index (χ4v) is 2.50. The molecule has 0 saturated carbocycles. The number of hydrogen-bond acceptors (Lipinski definition) is 2. The van der Waals surface area contributed by atoms with Gasteiger partial charge in [-0.1, -0.05) is 51.5 Å². The molecule has 0 bridgehead atoms. The summed E-state index contributed by atoms with van der Waals surface area (Å²) in [5.74, 6) is 0.670. The van der Waals surface area contributed by atoms with E-state index < -0.39 is 0 Å². The Labute approximate surface area is 124 Å². The van der Waals surface area contributed by atoms with Crippen molar-refractivity contribution in [3.05, 3.63) is 28.2 Å². The predicted molar refractivity (Wildman–Crippen MR) is 83.0 cm³/mol. The molecular formula is C16H23BrO2. The summed E-state index contributed by atoms with van der Waals surface area (Å²) < 4.78 is 6.56. The van der Waals surface area contributed by atoms with Crippen LogP contribution in [0.15, 0.2) is 22.7 Å². The van der Waals surface area contributed by atoms with Crippen LogP contribution >= 0.6 is 15.9 Å². The van der Waals surface area contributed by atoms with Crippen LogP contribution < -0.4 is 4.74 Å². The van der Waals surface area contributed by atoms with Gasteiger partial charge in [0.2, 0.25) is 0 Å². The number of unbranched alkanes of at least 4 members (excludes halogenated alkanes) is 6. The minimum atomic E-state index is 0.609. The van der Waals surface area contributed by atoms with Gasteiger partial charge >= 0.3 is 0 Å². The summed E-state index contributed by atoms with van der Waals surface area (Å²) in [5.41, 5.74) is 0.609. The topological polar surface area (TPSA) is 26.3 Å². The van der Waals surface area contributed by atoms with E-state index in [1.807, 2.05) is 12.1 Å². The first-order chi connectivity index (χ1) is 9.29. The largest absolute Gasteiger partial charge is 0.492 e. The molecular weight excluding hydrogens is 304 g/mol. The Kier molecular flexibility index (Phi) is 8.55. The monoisotopic (exact) mass is 326 g/mol. The highest BCUT2D eigenvalue weighted by atomic mass is 79.9. The summed E-state index contributed by atoms with van der Waals surface area (Å²) in [4.78, 5) is 10.9. The smallest absolute Gasteiger partial charge is 0.153 e. The van der Waals surface area contributed by atoms with Crippen LogP contribution in [0.2, 0.25) is 0 Å². The lowest BCUT2D eigenvalue weighted by atomic mass is 10.1. The summed E-state index contributed by atoms with van der Waals surface area (Å²) in [6, 6.07) is 5.51. The van der Waals surface area contributed by atoms with E-state index in [2.05, 4.69) is 22.9 Å². The summed E-state index contributed by atoms with van der Waals surface area (Å²) in [6.07, 6.45) is 9.66. The molecule has 0 aromatic heterocycles. The van der Waals surface area contributed by atoms with Crippen molar-refractivity contribution in [3.63, 3.8) is 0 Å². The van der Waals surface area contributed by atoms with E-state index >= 15 is 0 Å². The highest BCUT2D eigenvalue weighted by molar-refractivity contribution is 9.10. The van der Waals surface area contributed by atoms with E-state index in [0.717, 1.165) is 17.2 Å². The van der Waals surface area contributed by atoms with E-state index in [0.29, 0.717) is 17.9 Å². The van der Waals surface area contributed by atoms with Crippen molar-refractivity contribution in [1.82, 2.24) is 0 Å². The zero-order valence-corrected chi connectivity index (χ0v) is 13.2. The molecule has 1 rings (SSSR count). The van der Waals surface area contributed by atoms with Gasteiger partial charge in [0.25, 0.3) is 0 Å². The summed E-state index contributed by atoms with van der Waals surface area (Å²) in [5, 5.41) is 0. The van der Waals surface area contributed by atoms with E-state index in [4.69, 9.17) is 4.74 Å². The second kappa shape index (κ2) is 10.0. The second-order valence-electron chi connectivity index (χ2n) is 4.75. The highest BCUT2D eigenvalue weighted by Crippen LogP contribution is 2.28. The van der Waals surface area contributed by atoms with E-state index in [1.54, 1.807) is 6.07 Å². The number of benzene rings is 1. The molecule has 0 saturated heterocycles. The molecule has 0 spiro atoms. The number of carbonyl (C=O) groups is 1. The molecule has 0 amide bonds. The molecule has 0 aliphatic rings. The normalized spacial score (nSPS) is 10.4. The SMILES string of the molecule is CCCCCCCCCOc1c(Br)cccc1C=O. The summed E-state index contributed by atoms with van der Waals surface area (Å²) in [7, 11) is 0. The first-order valence-corrected chi connectivity index (χ1v) is 7.95. The van der Waals surface area contributed by atoms with Gasteiger partial charge in [0, 0.05) is 0 Å². The first-order valence-electron chi connectivity index (χ1n) is 7.16. The lowest BCUT2D eigenvalue weighted by Gasteiger charge is -2.10. The quantitative estimate of drug-likeness (QED) is 0.425. The number of hydrogen-bond donors (Lipinski definition) is 0. The fourth-order valence-electron chi connectivity index (χ4n) is 2.00. The Bertz CT molecular complexity index is 377. The Hall–Kier alpha value is -0.830. The molecule has 0 unspecified atom stereocenters. The van der Waals surface area contributed by atoms with Gasteiger partial charge in [-0.25, -0.2) is 0 Å². The van der Waals surface area contributed by atoms with E-state index in [9.17, 15) is 4.79 Å². The van der Waals surface area contributed by atoms with Crippen LogP contribution in [0, 0.1) is 0 Å². The van der Waals surface area contributed by atoms with Crippen LogP contribution in [-0.2, 0) is 0 Å². The fraction of sp³-hybridized carbons (Fsp3) is 0.562. The van der Waals surface area contributed by atoms with Crippen LogP contribution in [-0.4, -0.2) is 12.9 Å². The lowest BCUT2D eigenvalue weighted by Crippen LogP contribution is -2.00. The molecule has 0 heterocycles. The minimum absolute atomic E-state index is 0.609. The first kappa shape index (κ1) is 16.2. The van der Waals surface area contributed by atoms with Gasteiger partial charge in [-0.15, -0.1) is 0 Å². The van der Waals surface area contributed by atoms with Crippen molar-refractivity contribution in [1.29, 1.82) is 0 Å². The molecule has 0 N–H and O–H groups in total. The van der Waals surface area contributed by atoms with Gasteiger partial charge in [0.05, 0.1) is 16.6 Å². The third-order valence-electron chi connectivity index (χ3n) is 3.12. The maximum atomic E-state index is 10.9. The average molecular weight is 327 g/mol. The molecule has 2 nitrogen and oxygen atoms in total. The Balaban J connectivity index is 2.21. The van der Waals surface area contributed by atoms with Crippen molar-refractivity contribution in [2.45, 2.75) is 51.9 Å². The van der Waals surface area contributed by atoms with E-state index in [-0.39, 0.29) is 0 Å². The molecule has 1 aromatic carbocycles. The minimum Gasteiger partial charge on any atom is -0.492 e. The number of rotatable bonds is 10. The van der Waals surface area contributed by atoms with Crippen LogP contribution in [0.25, 0.3) is 0 Å². The molecule has 106 valence electrons. The second-order valence-corrected chi connectivity index (χ2v) is 5.60. The third kappa shape index (κ3) is 6.24. The summed E-state index contributed by atoms with van der Waals surface area (Å²) in [6.45, 7) is 2.91. The molecule has 0 fully saturated rings. The molecule has 0 atom stereocenters. The zero-order valence-electron chi connectivity index (χ0n) is 11.7. The molecule has 0 aliphatic heterocycles. The van der Waals surface area contributed by atoms with Crippen molar-refractivity contribution in [2.75, 3.05) is 6.61 Å². The van der Waals surface area contributed by atoms with Crippen LogP contribution in [0.1, 0.15) is 62.2 Å². The number of aldehydes is 1. The Morgan fingerprint density at radius 2 is 1.79 bits per heavy atom. The Morgan fingerprint density at radius 1 is 1.11 bits per heavy atom. The number of para-hydroxylation sites is 1. The van der Waals surface area contributed by atoms with Gasteiger partial charge in [-0.2, -0.15) is 0 Å². The van der Waals surface area contributed by atoms with Crippen molar-refractivity contribution >= 4 is 22.2 Å². The van der Waals surface area contributed by atoms with Gasteiger partial charge in [-0.05, 0) is 34.5 Å². The van der Waals surface area contributed by atoms with Crippen LogP contribution in [0.5, 0.6) is 5.75 Å². The van der Waals surface area contributed by atoms with Gasteiger partial charge < -0.3 is 4.74 Å². The lowest BCUT2D eigenvalue weighted by molar-refractivity contribution is 0.111. The molecule has 3 heteroatoms. The highest BCUT2D eigenvalue weighted by Gasteiger charge is 2.06. The van der Waals surface area contributed by atoms with Gasteiger partial charge in [-0.3, -0.25) is 4.79 Å². The van der Waals surface area contributed by atoms with Crippen LogP contribution in [0.3, 0.4) is 0 Å². The number of carbonyl (C=O) groups excluding carboxylic acids is 1. The van der Waals surface area contributed by atoms with Gasteiger partial charge in [0.15, 0.2) is 6.29 Å². The standard InChI is InChI=1S/C16H23BrO2/c1-2-3-4-5-6-7-8-12-19-16-14(13-18)10-9-11-15(16)17/h9-11,13H,2-8,12H2,1H3.